The van der Waals surface area contributed by atoms with Crippen LogP contribution in [0, 0.1) is 11.3 Å². The molecule has 0 saturated heterocycles. The summed E-state index contributed by atoms with van der Waals surface area (Å²) in [6.07, 6.45) is -0.620. The number of ether oxygens (including phenoxy) is 2. The van der Waals surface area contributed by atoms with Crippen LogP contribution in [0.1, 0.15) is 24.2 Å². The zero-order chi connectivity index (χ0) is 12.8. The summed E-state index contributed by atoms with van der Waals surface area (Å²) in [5.41, 5.74) is 0.116. The summed E-state index contributed by atoms with van der Waals surface area (Å²) < 4.78 is 10.6. The van der Waals surface area contributed by atoms with E-state index in [2.05, 4.69) is 0 Å². The van der Waals surface area contributed by atoms with Crippen molar-refractivity contribution in [1.29, 1.82) is 5.26 Å². The fraction of sp³-hybridized carbons (Fsp3) is 0.333. The van der Waals surface area contributed by atoms with Crippen molar-refractivity contribution in [2.24, 2.45) is 0 Å². The van der Waals surface area contributed by atoms with Crippen molar-refractivity contribution in [2.45, 2.75) is 20.0 Å². The second-order valence-electron chi connectivity index (χ2n) is 3.29. The Balaban J connectivity index is 3.04. The highest BCUT2D eigenvalue weighted by molar-refractivity contribution is 5.88. The predicted molar refractivity (Wildman–Crippen MR) is 60.3 cm³/mol. The summed E-state index contributed by atoms with van der Waals surface area (Å²) in [4.78, 5) is 10.8. The van der Waals surface area contributed by atoms with E-state index in [0.717, 1.165) is 0 Å². The molecule has 0 heterocycles. The summed E-state index contributed by atoms with van der Waals surface area (Å²) >= 11 is 0. The van der Waals surface area contributed by atoms with Crippen molar-refractivity contribution in [1.82, 2.24) is 0 Å². The van der Waals surface area contributed by atoms with Crippen LogP contribution in [-0.2, 0) is 0 Å². The van der Waals surface area contributed by atoms with Crippen LogP contribution in [0.5, 0.6) is 11.5 Å². The largest absolute Gasteiger partial charge is 0.490 e. The molecule has 0 spiro atoms. The molecule has 0 fully saturated rings. The molecule has 0 aliphatic rings. The Labute approximate surface area is 99.2 Å². The zero-order valence-corrected chi connectivity index (χ0v) is 9.64. The van der Waals surface area contributed by atoms with Crippen LogP contribution >= 0.6 is 0 Å². The van der Waals surface area contributed by atoms with Gasteiger partial charge in [0.2, 0.25) is 0 Å². The highest BCUT2D eigenvalue weighted by atomic mass is 16.5. The minimum Gasteiger partial charge on any atom is -0.490 e. The first-order valence-electron chi connectivity index (χ1n) is 5.15. The van der Waals surface area contributed by atoms with Crippen molar-refractivity contribution in [3.63, 3.8) is 0 Å². The summed E-state index contributed by atoms with van der Waals surface area (Å²) in [7, 11) is 0. The van der Waals surface area contributed by atoms with E-state index in [4.69, 9.17) is 19.8 Å². The smallest absolute Gasteiger partial charge is 0.335 e. The maximum Gasteiger partial charge on any atom is 0.335 e. The fourth-order valence-corrected chi connectivity index (χ4v) is 1.22. The Kier molecular flexibility index (Phi) is 4.35. The van der Waals surface area contributed by atoms with Gasteiger partial charge in [0.25, 0.3) is 0 Å². The molecule has 1 atom stereocenters. The van der Waals surface area contributed by atoms with Crippen LogP contribution < -0.4 is 9.47 Å². The molecule has 1 unspecified atom stereocenters. The monoisotopic (exact) mass is 235 g/mol. The maximum absolute atomic E-state index is 10.8. The summed E-state index contributed by atoms with van der Waals surface area (Å²) in [6.45, 7) is 3.77. The van der Waals surface area contributed by atoms with Crippen LogP contribution in [0.2, 0.25) is 0 Å². The second-order valence-corrected chi connectivity index (χ2v) is 3.29. The van der Waals surface area contributed by atoms with Gasteiger partial charge in [0.05, 0.1) is 12.2 Å². The van der Waals surface area contributed by atoms with E-state index in [1.54, 1.807) is 13.8 Å². The first-order chi connectivity index (χ1) is 8.08. The SMILES string of the molecule is CCOc1cc(C(=O)O)ccc1OC(C)C#N. The number of aromatic carboxylic acids is 1. The Morgan fingerprint density at radius 2 is 2.24 bits per heavy atom. The number of nitrogens with zero attached hydrogens (tertiary/aromatic N) is 1. The standard InChI is InChI=1S/C12H13NO4/c1-3-16-11-6-9(12(14)15)4-5-10(11)17-8(2)7-13/h4-6,8H,3H2,1-2H3,(H,14,15). The lowest BCUT2D eigenvalue weighted by molar-refractivity contribution is 0.0696. The molecule has 17 heavy (non-hydrogen) atoms. The van der Waals surface area contributed by atoms with Crippen molar-refractivity contribution < 1.29 is 19.4 Å². The molecular weight excluding hydrogens is 222 g/mol. The van der Waals surface area contributed by atoms with Gasteiger partial charge in [-0.15, -0.1) is 0 Å². The van der Waals surface area contributed by atoms with Gasteiger partial charge in [0.15, 0.2) is 17.6 Å². The lowest BCUT2D eigenvalue weighted by Crippen LogP contribution is -2.10. The van der Waals surface area contributed by atoms with E-state index in [1.807, 2.05) is 6.07 Å². The number of carboxylic acid groups (broad SMARTS) is 1. The molecule has 0 saturated carbocycles. The molecule has 0 bridgehead atoms. The second kappa shape index (κ2) is 5.75. The fourth-order valence-electron chi connectivity index (χ4n) is 1.22. The van der Waals surface area contributed by atoms with Crippen LogP contribution in [0.3, 0.4) is 0 Å². The Morgan fingerprint density at radius 3 is 2.76 bits per heavy atom. The first-order valence-corrected chi connectivity index (χ1v) is 5.15. The third kappa shape index (κ3) is 3.38. The van der Waals surface area contributed by atoms with Gasteiger partial charge in [-0.05, 0) is 32.0 Å². The van der Waals surface area contributed by atoms with Gasteiger partial charge < -0.3 is 14.6 Å². The lowest BCUT2D eigenvalue weighted by atomic mass is 10.2. The number of hydrogen-bond acceptors (Lipinski definition) is 4. The lowest BCUT2D eigenvalue weighted by Gasteiger charge is -2.13. The number of hydrogen-bond donors (Lipinski definition) is 1. The summed E-state index contributed by atoms with van der Waals surface area (Å²) in [5.74, 6) is -0.341. The average Bonchev–Trinajstić information content (AvgIpc) is 2.31. The molecule has 0 radical (unpaired) electrons. The van der Waals surface area contributed by atoms with E-state index in [1.165, 1.54) is 18.2 Å². The van der Waals surface area contributed by atoms with Gasteiger partial charge in [0, 0.05) is 0 Å². The first kappa shape index (κ1) is 12.8. The highest BCUT2D eigenvalue weighted by Gasteiger charge is 2.12. The minimum absolute atomic E-state index is 0.116. The van der Waals surface area contributed by atoms with E-state index in [-0.39, 0.29) is 5.56 Å². The molecule has 90 valence electrons. The predicted octanol–water partition coefficient (Wildman–Crippen LogP) is 2.07. The van der Waals surface area contributed by atoms with Crippen molar-refractivity contribution >= 4 is 5.97 Å². The summed E-state index contributed by atoms with van der Waals surface area (Å²) in [6, 6.07) is 6.20. The Morgan fingerprint density at radius 1 is 1.53 bits per heavy atom. The number of carboxylic acids is 1. The van der Waals surface area contributed by atoms with Crippen molar-refractivity contribution in [3.8, 4) is 17.6 Å². The van der Waals surface area contributed by atoms with Crippen LogP contribution in [-0.4, -0.2) is 23.8 Å². The Hall–Kier alpha value is -2.22. The van der Waals surface area contributed by atoms with E-state index >= 15 is 0 Å². The molecule has 0 aromatic heterocycles. The highest BCUT2D eigenvalue weighted by Crippen LogP contribution is 2.29. The van der Waals surface area contributed by atoms with Gasteiger partial charge in [0.1, 0.15) is 6.07 Å². The van der Waals surface area contributed by atoms with E-state index < -0.39 is 12.1 Å². The topological polar surface area (TPSA) is 79.6 Å². The van der Waals surface area contributed by atoms with Gasteiger partial charge >= 0.3 is 5.97 Å². The van der Waals surface area contributed by atoms with Gasteiger partial charge in [-0.1, -0.05) is 0 Å². The normalized spacial score (nSPS) is 11.4. The molecule has 1 rings (SSSR count). The number of rotatable bonds is 5. The molecule has 1 aromatic carbocycles. The van der Waals surface area contributed by atoms with Crippen LogP contribution in [0.25, 0.3) is 0 Å². The molecular formula is C12H13NO4. The van der Waals surface area contributed by atoms with Crippen LogP contribution in [0.15, 0.2) is 18.2 Å². The van der Waals surface area contributed by atoms with Gasteiger partial charge in [-0.25, -0.2) is 4.79 Å². The molecule has 1 aromatic rings. The quantitative estimate of drug-likeness (QED) is 0.845. The third-order valence-corrected chi connectivity index (χ3v) is 1.98. The molecule has 1 N–H and O–H groups in total. The molecule has 5 nitrogen and oxygen atoms in total. The third-order valence-electron chi connectivity index (χ3n) is 1.98. The molecule has 0 amide bonds. The average molecular weight is 235 g/mol. The summed E-state index contributed by atoms with van der Waals surface area (Å²) in [5, 5.41) is 17.5. The van der Waals surface area contributed by atoms with Crippen molar-refractivity contribution in [3.05, 3.63) is 23.8 Å². The van der Waals surface area contributed by atoms with E-state index in [0.29, 0.717) is 18.1 Å². The van der Waals surface area contributed by atoms with Gasteiger partial charge in [-0.3, -0.25) is 0 Å². The molecule has 0 aliphatic carbocycles. The van der Waals surface area contributed by atoms with Crippen molar-refractivity contribution in [2.75, 3.05) is 6.61 Å². The number of carbonyl (C=O) groups is 1. The number of nitriles is 1. The van der Waals surface area contributed by atoms with E-state index in [9.17, 15) is 4.79 Å². The number of benzene rings is 1. The Bertz CT molecular complexity index is 450. The zero-order valence-electron chi connectivity index (χ0n) is 9.64. The van der Waals surface area contributed by atoms with Crippen LogP contribution in [0.4, 0.5) is 0 Å². The molecule has 5 heteroatoms. The molecule has 0 aliphatic heterocycles. The maximum atomic E-state index is 10.8. The minimum atomic E-state index is -1.04. The van der Waals surface area contributed by atoms with Gasteiger partial charge in [-0.2, -0.15) is 5.26 Å².